The Bertz CT molecular complexity index is 1380. The molecule has 0 N–H and O–H groups in total. The van der Waals surface area contributed by atoms with Crippen LogP contribution in [0.3, 0.4) is 0 Å². The van der Waals surface area contributed by atoms with Crippen molar-refractivity contribution in [2.45, 2.75) is 27.7 Å². The molecule has 0 radical (unpaired) electrons. The highest BCUT2D eigenvalue weighted by molar-refractivity contribution is 6.17. The molecule has 0 unspecified atom stereocenters. The van der Waals surface area contributed by atoms with E-state index in [0.29, 0.717) is 0 Å². The minimum absolute atomic E-state index is 0.943. The topological polar surface area (TPSA) is 9.23 Å². The SMILES string of the molecule is Cc1cc2cc(C)c1c1c(Oc3cccc4c5cc(C)c(c(C)c5)c34)cccc21. The van der Waals surface area contributed by atoms with Gasteiger partial charge in [0.1, 0.15) is 11.5 Å². The minimum atomic E-state index is 0.943. The number of ether oxygens (including phenoxy) is 1. The van der Waals surface area contributed by atoms with E-state index in [2.05, 4.69) is 88.4 Å². The smallest absolute Gasteiger partial charge is 0.135 e. The van der Waals surface area contributed by atoms with Gasteiger partial charge in [0.2, 0.25) is 0 Å². The molecule has 8 aromatic carbocycles. The van der Waals surface area contributed by atoms with Crippen molar-refractivity contribution in [1.29, 1.82) is 0 Å². The molecule has 0 fully saturated rings. The average Bonchev–Trinajstić information content (AvgIpc) is 2.68. The maximum Gasteiger partial charge on any atom is 0.135 e. The Morgan fingerprint density at radius 3 is 1.24 bits per heavy atom. The molecule has 0 amide bonds. The number of hydrogen-bond donors (Lipinski definition) is 0. The van der Waals surface area contributed by atoms with Gasteiger partial charge in [-0.25, -0.2) is 0 Å². The maximum atomic E-state index is 6.70. The van der Waals surface area contributed by atoms with E-state index in [1.807, 2.05) is 0 Å². The molecule has 0 saturated carbocycles. The number of aryl methyl sites for hydroxylation is 4. The normalized spacial score (nSPS) is 12.1. The van der Waals surface area contributed by atoms with Crippen LogP contribution in [0.5, 0.6) is 11.5 Å². The van der Waals surface area contributed by atoms with Gasteiger partial charge in [-0.05, 0) is 94.4 Å². The Morgan fingerprint density at radius 1 is 0.483 bits per heavy atom. The first-order valence-corrected chi connectivity index (χ1v) is 10.2. The van der Waals surface area contributed by atoms with E-state index < -0.39 is 0 Å². The van der Waals surface area contributed by atoms with Gasteiger partial charge in [-0.1, -0.05) is 48.5 Å². The highest BCUT2D eigenvalue weighted by atomic mass is 16.5. The van der Waals surface area contributed by atoms with Crippen LogP contribution in [0.25, 0.3) is 43.1 Å². The van der Waals surface area contributed by atoms with E-state index in [4.69, 9.17) is 4.74 Å². The molecule has 0 atom stereocenters. The number of hydrogen-bond acceptors (Lipinski definition) is 1. The lowest BCUT2D eigenvalue weighted by Crippen LogP contribution is -1.95. The number of rotatable bonds is 2. The van der Waals surface area contributed by atoms with Gasteiger partial charge in [0.15, 0.2) is 0 Å². The Labute approximate surface area is 170 Å². The molecule has 0 aliphatic rings. The summed E-state index contributed by atoms with van der Waals surface area (Å²) >= 11 is 0. The van der Waals surface area contributed by atoms with Gasteiger partial charge in [0.25, 0.3) is 0 Å². The van der Waals surface area contributed by atoms with Crippen molar-refractivity contribution in [3.05, 3.63) is 82.9 Å². The van der Waals surface area contributed by atoms with Crippen LogP contribution in [0, 0.1) is 27.7 Å². The van der Waals surface area contributed by atoms with Crippen molar-refractivity contribution >= 4 is 43.1 Å². The van der Waals surface area contributed by atoms with E-state index >= 15 is 0 Å². The molecule has 4 bridgehead atoms. The summed E-state index contributed by atoms with van der Waals surface area (Å²) in [6.45, 7) is 8.79. The predicted octanol–water partition coefficient (Wildman–Crippen LogP) is 8.20. The zero-order valence-corrected chi connectivity index (χ0v) is 17.2. The third-order valence-electron chi connectivity index (χ3n) is 6.46. The van der Waals surface area contributed by atoms with Gasteiger partial charge in [-0.2, -0.15) is 0 Å². The quantitative estimate of drug-likeness (QED) is 0.297. The zero-order chi connectivity index (χ0) is 19.9. The highest BCUT2D eigenvalue weighted by Crippen LogP contribution is 2.44. The van der Waals surface area contributed by atoms with Crippen molar-refractivity contribution in [1.82, 2.24) is 0 Å². The number of fused-ring (bicyclic) bond motifs is 4. The molecule has 140 valence electrons. The summed E-state index contributed by atoms with van der Waals surface area (Å²) in [7, 11) is 0. The van der Waals surface area contributed by atoms with Crippen LogP contribution in [0.4, 0.5) is 0 Å². The molecule has 1 heteroatoms. The van der Waals surface area contributed by atoms with Gasteiger partial charge in [-0.15, -0.1) is 0 Å². The Hall–Kier alpha value is -3.32. The first-order valence-electron chi connectivity index (χ1n) is 10.2. The fourth-order valence-corrected chi connectivity index (χ4v) is 5.37. The minimum Gasteiger partial charge on any atom is -0.456 e. The highest BCUT2D eigenvalue weighted by Gasteiger charge is 2.17. The van der Waals surface area contributed by atoms with Crippen molar-refractivity contribution in [3.63, 3.8) is 0 Å². The summed E-state index contributed by atoms with van der Waals surface area (Å²) in [4.78, 5) is 0. The third-order valence-corrected chi connectivity index (χ3v) is 6.46. The molecule has 8 rings (SSSR count). The van der Waals surface area contributed by atoms with Crippen LogP contribution < -0.4 is 4.74 Å². The fourth-order valence-electron chi connectivity index (χ4n) is 5.37. The summed E-state index contributed by atoms with van der Waals surface area (Å²) in [5.41, 5.74) is 5.28. The van der Waals surface area contributed by atoms with E-state index in [-0.39, 0.29) is 0 Å². The summed E-state index contributed by atoms with van der Waals surface area (Å²) < 4.78 is 6.70. The van der Waals surface area contributed by atoms with Gasteiger partial charge < -0.3 is 4.74 Å². The van der Waals surface area contributed by atoms with Gasteiger partial charge in [0.05, 0.1) is 0 Å². The molecular weight excluding hydrogens is 352 g/mol. The maximum absolute atomic E-state index is 6.70. The third kappa shape index (κ3) is 2.16. The predicted molar refractivity (Wildman–Crippen MR) is 124 cm³/mol. The lowest BCUT2D eigenvalue weighted by atomic mass is 9.90. The fraction of sp³-hybridized carbons (Fsp3) is 0.143. The second-order valence-corrected chi connectivity index (χ2v) is 8.43. The van der Waals surface area contributed by atoms with E-state index in [9.17, 15) is 0 Å². The van der Waals surface area contributed by atoms with Crippen LogP contribution in [0.2, 0.25) is 0 Å². The van der Waals surface area contributed by atoms with Crippen LogP contribution >= 0.6 is 0 Å². The van der Waals surface area contributed by atoms with Gasteiger partial charge >= 0.3 is 0 Å². The van der Waals surface area contributed by atoms with Crippen molar-refractivity contribution in [2.24, 2.45) is 0 Å². The molecule has 0 spiro atoms. The van der Waals surface area contributed by atoms with E-state index in [1.165, 1.54) is 65.3 Å². The molecule has 0 saturated heterocycles. The summed E-state index contributed by atoms with van der Waals surface area (Å²) in [6.07, 6.45) is 0. The largest absolute Gasteiger partial charge is 0.456 e. The van der Waals surface area contributed by atoms with Crippen LogP contribution in [-0.2, 0) is 0 Å². The average molecular weight is 374 g/mol. The molecule has 8 aromatic rings. The summed E-state index contributed by atoms with van der Waals surface area (Å²) in [6, 6.07) is 22.0. The van der Waals surface area contributed by atoms with Crippen molar-refractivity contribution < 1.29 is 4.74 Å². The standard InChI is InChI=1S/C28H22O/c1-15-11-19-12-16(2)25(15)27-21(19)7-5-9-23(27)29-24-10-6-8-22-20-13-17(3)26(28(22)24)18(4)14-20/h5-14H,1-4H3. The lowest BCUT2D eigenvalue weighted by Gasteiger charge is -2.19. The number of benzene rings is 8. The van der Waals surface area contributed by atoms with Gasteiger partial charge in [0, 0.05) is 10.8 Å². The Kier molecular flexibility index (Phi) is 3.21. The Morgan fingerprint density at radius 2 is 0.862 bits per heavy atom. The van der Waals surface area contributed by atoms with Crippen LogP contribution in [0.15, 0.2) is 60.7 Å². The van der Waals surface area contributed by atoms with Gasteiger partial charge in [-0.3, -0.25) is 0 Å². The van der Waals surface area contributed by atoms with E-state index in [1.54, 1.807) is 0 Å². The van der Waals surface area contributed by atoms with Crippen molar-refractivity contribution in [2.75, 3.05) is 0 Å². The monoisotopic (exact) mass is 374 g/mol. The molecule has 0 heterocycles. The molecule has 0 aliphatic carbocycles. The molecule has 0 aromatic heterocycles. The van der Waals surface area contributed by atoms with Crippen LogP contribution in [-0.4, -0.2) is 0 Å². The second-order valence-electron chi connectivity index (χ2n) is 8.43. The Balaban J connectivity index is 1.67. The first-order chi connectivity index (χ1) is 14.0. The molecular formula is C28H22O. The zero-order valence-electron chi connectivity index (χ0n) is 17.2. The molecule has 29 heavy (non-hydrogen) atoms. The molecule has 0 aliphatic heterocycles. The second kappa shape index (κ2) is 5.61. The molecule has 1 nitrogen and oxygen atoms in total. The van der Waals surface area contributed by atoms with E-state index in [0.717, 1.165) is 11.5 Å². The lowest BCUT2D eigenvalue weighted by molar-refractivity contribution is 0.494. The van der Waals surface area contributed by atoms with Crippen molar-refractivity contribution in [3.8, 4) is 11.5 Å². The van der Waals surface area contributed by atoms with Crippen LogP contribution in [0.1, 0.15) is 22.3 Å². The summed E-state index contributed by atoms with van der Waals surface area (Å²) in [5.74, 6) is 1.89. The first kappa shape index (κ1) is 16.6. The summed E-state index contributed by atoms with van der Waals surface area (Å²) in [5, 5.41) is 10.2.